The second kappa shape index (κ2) is 7.92. The predicted molar refractivity (Wildman–Crippen MR) is 106 cm³/mol. The van der Waals surface area contributed by atoms with Gasteiger partial charge < -0.3 is 20.2 Å². The lowest BCUT2D eigenvalue weighted by atomic mass is 10.1. The van der Waals surface area contributed by atoms with Crippen molar-refractivity contribution >= 4 is 11.9 Å². The first-order valence-electron chi connectivity index (χ1n) is 9.82. The molecule has 0 atom stereocenters. The van der Waals surface area contributed by atoms with Crippen LogP contribution < -0.4 is 5.32 Å². The summed E-state index contributed by atoms with van der Waals surface area (Å²) in [5.41, 5.74) is 4.53. The summed E-state index contributed by atoms with van der Waals surface area (Å²) in [6, 6.07) is 12.6. The van der Waals surface area contributed by atoms with E-state index in [0.29, 0.717) is 38.3 Å². The number of fused-ring (bicyclic) bond motifs is 1. The third kappa shape index (κ3) is 3.96. The van der Waals surface area contributed by atoms with Crippen LogP contribution in [-0.2, 0) is 19.4 Å². The minimum absolute atomic E-state index is 0.0711. The second-order valence-electron chi connectivity index (χ2n) is 7.44. The zero-order valence-corrected chi connectivity index (χ0v) is 15.9. The summed E-state index contributed by atoms with van der Waals surface area (Å²) in [7, 11) is 0. The third-order valence-electron chi connectivity index (χ3n) is 5.57. The van der Waals surface area contributed by atoms with Gasteiger partial charge in [-0.1, -0.05) is 18.2 Å². The van der Waals surface area contributed by atoms with Crippen LogP contribution in [0.15, 0.2) is 42.5 Å². The van der Waals surface area contributed by atoms with Crippen LogP contribution in [0.5, 0.6) is 5.75 Å². The molecule has 0 radical (unpaired) electrons. The van der Waals surface area contributed by atoms with Gasteiger partial charge in [-0.05, 0) is 60.2 Å². The van der Waals surface area contributed by atoms with E-state index < -0.39 is 0 Å². The molecule has 146 valence electrons. The molecule has 1 aliphatic carbocycles. The Morgan fingerprint density at radius 1 is 0.893 bits per heavy atom. The van der Waals surface area contributed by atoms with E-state index in [9.17, 15) is 14.7 Å². The predicted octanol–water partition coefficient (Wildman–Crippen LogP) is 2.55. The highest BCUT2D eigenvalue weighted by Crippen LogP contribution is 2.22. The third-order valence-corrected chi connectivity index (χ3v) is 5.57. The van der Waals surface area contributed by atoms with Crippen LogP contribution in [0.1, 0.15) is 33.5 Å². The molecule has 2 N–H and O–H groups in total. The van der Waals surface area contributed by atoms with Crippen molar-refractivity contribution in [2.24, 2.45) is 0 Å². The molecule has 0 spiro atoms. The number of aryl methyl sites for hydroxylation is 2. The molecule has 3 amide bonds. The van der Waals surface area contributed by atoms with Gasteiger partial charge >= 0.3 is 6.03 Å². The van der Waals surface area contributed by atoms with Crippen LogP contribution in [-0.4, -0.2) is 53.0 Å². The first-order chi connectivity index (χ1) is 13.6. The lowest BCUT2D eigenvalue weighted by Gasteiger charge is -2.34. The number of phenolic OH excluding ortho intramolecular Hbond substituents is 1. The highest BCUT2D eigenvalue weighted by atomic mass is 16.3. The average Bonchev–Trinajstić information content (AvgIpc) is 3.20. The van der Waals surface area contributed by atoms with E-state index in [1.165, 1.54) is 29.7 Å². The molecule has 6 heteroatoms. The van der Waals surface area contributed by atoms with Gasteiger partial charge in [0.1, 0.15) is 5.75 Å². The number of piperazine rings is 1. The van der Waals surface area contributed by atoms with Crippen LogP contribution in [0.3, 0.4) is 0 Å². The molecular weight excluding hydrogens is 354 g/mol. The summed E-state index contributed by atoms with van der Waals surface area (Å²) in [5.74, 6) is 0.0691. The SMILES string of the molecule is O=C(NCc1ccc2c(c1)CCC2)N1CCN(C(=O)c2ccc(O)cc2)CC1. The first kappa shape index (κ1) is 18.3. The van der Waals surface area contributed by atoms with Gasteiger partial charge in [-0.2, -0.15) is 0 Å². The normalized spacial score (nSPS) is 16.0. The Bertz CT molecular complexity index is 871. The maximum atomic E-state index is 12.5. The molecular formula is C22H25N3O3. The van der Waals surface area contributed by atoms with Gasteiger partial charge in [0.05, 0.1) is 0 Å². The van der Waals surface area contributed by atoms with E-state index in [0.717, 1.165) is 18.4 Å². The molecule has 1 heterocycles. The fourth-order valence-electron chi connectivity index (χ4n) is 3.92. The van der Waals surface area contributed by atoms with Crippen molar-refractivity contribution in [3.05, 3.63) is 64.7 Å². The van der Waals surface area contributed by atoms with Crippen LogP contribution in [0.25, 0.3) is 0 Å². The smallest absolute Gasteiger partial charge is 0.317 e. The summed E-state index contributed by atoms with van der Waals surface area (Å²) in [5, 5.41) is 12.3. The quantitative estimate of drug-likeness (QED) is 0.861. The zero-order valence-electron chi connectivity index (χ0n) is 15.9. The van der Waals surface area contributed by atoms with Gasteiger partial charge in [0.15, 0.2) is 0 Å². The maximum absolute atomic E-state index is 12.5. The minimum atomic E-state index is -0.0859. The van der Waals surface area contributed by atoms with Crippen molar-refractivity contribution in [2.45, 2.75) is 25.8 Å². The van der Waals surface area contributed by atoms with Crippen molar-refractivity contribution in [3.63, 3.8) is 0 Å². The minimum Gasteiger partial charge on any atom is -0.508 e. The molecule has 2 aliphatic rings. The number of carbonyl (C=O) groups excluding carboxylic acids is 2. The Kier molecular flexibility index (Phi) is 5.19. The average molecular weight is 379 g/mol. The highest BCUT2D eigenvalue weighted by Gasteiger charge is 2.24. The van der Waals surface area contributed by atoms with Crippen molar-refractivity contribution in [1.82, 2.24) is 15.1 Å². The van der Waals surface area contributed by atoms with Crippen LogP contribution >= 0.6 is 0 Å². The highest BCUT2D eigenvalue weighted by molar-refractivity contribution is 5.94. The number of urea groups is 1. The topological polar surface area (TPSA) is 72.9 Å². The molecule has 1 fully saturated rings. The van der Waals surface area contributed by atoms with E-state index in [4.69, 9.17) is 0 Å². The fourth-order valence-corrected chi connectivity index (χ4v) is 3.92. The summed E-state index contributed by atoms with van der Waals surface area (Å²) < 4.78 is 0. The Morgan fingerprint density at radius 3 is 2.32 bits per heavy atom. The number of hydrogen-bond acceptors (Lipinski definition) is 3. The lowest BCUT2D eigenvalue weighted by molar-refractivity contribution is 0.0665. The number of hydrogen-bond donors (Lipinski definition) is 2. The van der Waals surface area contributed by atoms with Gasteiger partial charge in [-0.25, -0.2) is 4.79 Å². The molecule has 4 rings (SSSR count). The van der Waals surface area contributed by atoms with Gasteiger partial charge in [0, 0.05) is 38.3 Å². The Morgan fingerprint density at radius 2 is 1.57 bits per heavy atom. The number of nitrogens with one attached hydrogen (secondary N) is 1. The summed E-state index contributed by atoms with van der Waals surface area (Å²) >= 11 is 0. The van der Waals surface area contributed by atoms with Crippen molar-refractivity contribution in [1.29, 1.82) is 0 Å². The Labute approximate surface area is 164 Å². The molecule has 1 saturated heterocycles. The second-order valence-corrected chi connectivity index (χ2v) is 7.44. The van der Waals surface area contributed by atoms with E-state index in [1.807, 2.05) is 0 Å². The number of nitrogens with zero attached hydrogens (tertiary/aromatic N) is 2. The summed E-state index contributed by atoms with van der Waals surface area (Å²) in [4.78, 5) is 28.5. The molecule has 0 saturated carbocycles. The van der Waals surface area contributed by atoms with Gasteiger partial charge in [-0.3, -0.25) is 4.79 Å². The summed E-state index contributed by atoms with van der Waals surface area (Å²) in [6.07, 6.45) is 3.52. The molecule has 2 aromatic carbocycles. The maximum Gasteiger partial charge on any atom is 0.317 e. The molecule has 28 heavy (non-hydrogen) atoms. The van der Waals surface area contributed by atoms with E-state index in [1.54, 1.807) is 21.9 Å². The standard InChI is InChI=1S/C22H25N3O3/c26-20-8-6-18(7-9-20)21(27)24-10-12-25(13-11-24)22(28)23-15-16-4-5-17-2-1-3-19(17)14-16/h4-9,14,26H,1-3,10-13,15H2,(H,23,28). The zero-order chi connectivity index (χ0) is 19.5. The molecule has 6 nitrogen and oxygen atoms in total. The van der Waals surface area contributed by atoms with Gasteiger partial charge in [-0.15, -0.1) is 0 Å². The van der Waals surface area contributed by atoms with Crippen molar-refractivity contribution in [3.8, 4) is 5.75 Å². The van der Waals surface area contributed by atoms with Crippen molar-refractivity contribution in [2.75, 3.05) is 26.2 Å². The number of carbonyl (C=O) groups is 2. The molecule has 2 aromatic rings. The molecule has 0 bridgehead atoms. The van der Waals surface area contributed by atoms with Gasteiger partial charge in [0.2, 0.25) is 0 Å². The van der Waals surface area contributed by atoms with E-state index in [-0.39, 0.29) is 17.7 Å². The number of aromatic hydroxyl groups is 1. The van der Waals surface area contributed by atoms with Gasteiger partial charge in [0.25, 0.3) is 5.91 Å². The number of rotatable bonds is 3. The Balaban J connectivity index is 1.27. The molecule has 0 aromatic heterocycles. The summed E-state index contributed by atoms with van der Waals surface area (Å²) in [6.45, 7) is 2.57. The van der Waals surface area contributed by atoms with E-state index >= 15 is 0 Å². The molecule has 1 aliphatic heterocycles. The Hall–Kier alpha value is -3.02. The van der Waals surface area contributed by atoms with Crippen molar-refractivity contribution < 1.29 is 14.7 Å². The van der Waals surface area contributed by atoms with E-state index in [2.05, 4.69) is 23.5 Å². The lowest BCUT2D eigenvalue weighted by Crippen LogP contribution is -2.53. The number of benzene rings is 2. The first-order valence-corrected chi connectivity index (χ1v) is 9.82. The number of phenols is 1. The monoisotopic (exact) mass is 379 g/mol. The number of amides is 3. The largest absolute Gasteiger partial charge is 0.508 e. The molecule has 0 unspecified atom stereocenters. The fraction of sp³-hybridized carbons (Fsp3) is 0.364. The van der Waals surface area contributed by atoms with Crippen LogP contribution in [0.4, 0.5) is 4.79 Å². The van der Waals surface area contributed by atoms with Crippen LogP contribution in [0, 0.1) is 0 Å². The van der Waals surface area contributed by atoms with Crippen LogP contribution in [0.2, 0.25) is 0 Å².